The summed E-state index contributed by atoms with van der Waals surface area (Å²) in [4.78, 5) is 14.3. The number of carbonyl (C=O) groups excluding carboxylic acids is 1. The molecule has 1 fully saturated rings. The van der Waals surface area contributed by atoms with Gasteiger partial charge in [0.1, 0.15) is 0 Å². The minimum Gasteiger partial charge on any atom is -0.379 e. The summed E-state index contributed by atoms with van der Waals surface area (Å²) in [5.74, 6) is -0.163. The number of hydrogen-bond donors (Lipinski definition) is 1. The summed E-state index contributed by atoms with van der Waals surface area (Å²) in [5, 5.41) is 2.76. The van der Waals surface area contributed by atoms with Gasteiger partial charge < -0.3 is 10.1 Å². The summed E-state index contributed by atoms with van der Waals surface area (Å²) in [7, 11) is -0.569. The number of carbonyl (C=O) groups is 1. The fourth-order valence-electron chi connectivity index (χ4n) is 2.32. The Morgan fingerprint density at radius 3 is 2.57 bits per heavy atom. The zero-order chi connectivity index (χ0) is 17.0. The van der Waals surface area contributed by atoms with Crippen molar-refractivity contribution in [3.63, 3.8) is 0 Å². The first-order chi connectivity index (χ1) is 10.8. The Morgan fingerprint density at radius 1 is 1.30 bits per heavy atom. The zero-order valence-corrected chi connectivity index (χ0v) is 14.5. The van der Waals surface area contributed by atoms with E-state index in [1.54, 1.807) is 19.1 Å². The van der Waals surface area contributed by atoms with Gasteiger partial charge in [0, 0.05) is 32.9 Å². The molecule has 0 aliphatic carbocycles. The summed E-state index contributed by atoms with van der Waals surface area (Å²) in [5.41, 5.74) is 1.12. The van der Waals surface area contributed by atoms with Crippen molar-refractivity contribution in [2.45, 2.75) is 11.8 Å². The number of aryl methyl sites for hydroxylation is 1. The van der Waals surface area contributed by atoms with Crippen LogP contribution >= 0.6 is 0 Å². The second-order valence-corrected chi connectivity index (χ2v) is 7.82. The maximum Gasteiger partial charge on any atom is 0.242 e. The Bertz CT molecular complexity index is 667. The van der Waals surface area contributed by atoms with E-state index in [1.165, 1.54) is 20.2 Å². The van der Waals surface area contributed by atoms with Crippen LogP contribution in [0.2, 0.25) is 0 Å². The van der Waals surface area contributed by atoms with Crippen molar-refractivity contribution in [2.24, 2.45) is 0 Å². The molecule has 0 unspecified atom stereocenters. The predicted molar refractivity (Wildman–Crippen MR) is 87.9 cm³/mol. The summed E-state index contributed by atoms with van der Waals surface area (Å²) in [6.45, 7) is 4.71. The summed E-state index contributed by atoms with van der Waals surface area (Å²) >= 11 is 0. The lowest BCUT2D eigenvalue weighted by atomic mass is 10.2. The van der Waals surface area contributed by atoms with E-state index in [2.05, 4.69) is 5.32 Å². The highest BCUT2D eigenvalue weighted by atomic mass is 32.2. The molecule has 1 aromatic rings. The van der Waals surface area contributed by atoms with Gasteiger partial charge in [-0.25, -0.2) is 12.7 Å². The van der Waals surface area contributed by atoms with Gasteiger partial charge in [0.05, 0.1) is 24.7 Å². The van der Waals surface area contributed by atoms with Gasteiger partial charge in [-0.1, -0.05) is 6.07 Å². The molecule has 0 saturated carbocycles. The molecule has 1 aromatic carbocycles. The van der Waals surface area contributed by atoms with Crippen molar-refractivity contribution in [1.29, 1.82) is 0 Å². The molecule has 1 saturated heterocycles. The molecule has 8 heteroatoms. The van der Waals surface area contributed by atoms with Crippen LogP contribution in [-0.4, -0.2) is 70.5 Å². The number of sulfonamides is 1. The number of anilines is 1. The first-order valence-electron chi connectivity index (χ1n) is 7.44. The first-order valence-corrected chi connectivity index (χ1v) is 8.88. The molecule has 1 aliphatic rings. The van der Waals surface area contributed by atoms with Crippen LogP contribution in [0.3, 0.4) is 0 Å². The highest BCUT2D eigenvalue weighted by molar-refractivity contribution is 7.89. The first kappa shape index (κ1) is 17.9. The Hall–Kier alpha value is -1.48. The van der Waals surface area contributed by atoms with Crippen LogP contribution < -0.4 is 5.32 Å². The fraction of sp³-hybridized carbons (Fsp3) is 0.533. The highest BCUT2D eigenvalue weighted by Gasteiger charge is 2.21. The Morgan fingerprint density at radius 2 is 1.96 bits per heavy atom. The van der Waals surface area contributed by atoms with Crippen LogP contribution in [0.25, 0.3) is 0 Å². The maximum absolute atomic E-state index is 12.3. The minimum atomic E-state index is -3.54. The van der Waals surface area contributed by atoms with Crippen molar-refractivity contribution in [1.82, 2.24) is 9.21 Å². The largest absolute Gasteiger partial charge is 0.379 e. The van der Waals surface area contributed by atoms with Gasteiger partial charge in [0.25, 0.3) is 0 Å². The van der Waals surface area contributed by atoms with Gasteiger partial charge in [-0.3, -0.25) is 9.69 Å². The van der Waals surface area contributed by atoms with Crippen LogP contribution in [0, 0.1) is 6.92 Å². The van der Waals surface area contributed by atoms with Crippen LogP contribution in [0.1, 0.15) is 5.56 Å². The number of amides is 1. The lowest BCUT2D eigenvalue weighted by Crippen LogP contribution is -2.41. The average Bonchev–Trinajstić information content (AvgIpc) is 2.49. The van der Waals surface area contributed by atoms with E-state index in [9.17, 15) is 13.2 Å². The second kappa shape index (κ2) is 7.39. The van der Waals surface area contributed by atoms with Gasteiger partial charge in [0.2, 0.25) is 15.9 Å². The van der Waals surface area contributed by atoms with Crippen LogP contribution in [0.15, 0.2) is 23.1 Å². The lowest BCUT2D eigenvalue weighted by molar-refractivity contribution is -0.118. The van der Waals surface area contributed by atoms with Crippen molar-refractivity contribution in [2.75, 3.05) is 52.3 Å². The molecule has 0 radical (unpaired) electrons. The normalized spacial score (nSPS) is 16.5. The quantitative estimate of drug-likeness (QED) is 0.844. The number of benzene rings is 1. The molecule has 0 atom stereocenters. The van der Waals surface area contributed by atoms with E-state index in [0.717, 1.165) is 17.4 Å². The van der Waals surface area contributed by atoms with Gasteiger partial charge in [0.15, 0.2) is 0 Å². The monoisotopic (exact) mass is 341 g/mol. The van der Waals surface area contributed by atoms with Crippen LogP contribution in [0.4, 0.5) is 5.69 Å². The van der Waals surface area contributed by atoms with Gasteiger partial charge in [-0.2, -0.15) is 0 Å². The maximum atomic E-state index is 12.3. The molecule has 0 aromatic heterocycles. The van der Waals surface area contributed by atoms with Gasteiger partial charge in [-0.05, 0) is 24.6 Å². The Labute approximate surface area is 137 Å². The van der Waals surface area contributed by atoms with E-state index < -0.39 is 10.0 Å². The molecular formula is C15H23N3O4S. The van der Waals surface area contributed by atoms with Gasteiger partial charge >= 0.3 is 0 Å². The Kier molecular flexibility index (Phi) is 5.74. The van der Waals surface area contributed by atoms with E-state index in [0.29, 0.717) is 24.5 Å². The van der Waals surface area contributed by atoms with Crippen molar-refractivity contribution in [3.05, 3.63) is 23.8 Å². The number of hydrogen-bond acceptors (Lipinski definition) is 5. The number of morpholine rings is 1. The van der Waals surface area contributed by atoms with E-state index in [4.69, 9.17) is 4.74 Å². The molecule has 23 heavy (non-hydrogen) atoms. The topological polar surface area (TPSA) is 79.0 Å². The van der Waals surface area contributed by atoms with Crippen LogP contribution in [-0.2, 0) is 19.6 Å². The number of ether oxygens (including phenoxy) is 1. The fourth-order valence-corrected chi connectivity index (χ4v) is 3.46. The molecule has 0 spiro atoms. The summed E-state index contributed by atoms with van der Waals surface area (Å²) < 4.78 is 31.0. The summed E-state index contributed by atoms with van der Waals surface area (Å²) in [6.07, 6.45) is 0. The van der Waals surface area contributed by atoms with E-state index >= 15 is 0 Å². The third-order valence-corrected chi connectivity index (χ3v) is 5.66. The van der Waals surface area contributed by atoms with Crippen molar-refractivity contribution >= 4 is 21.6 Å². The zero-order valence-electron chi connectivity index (χ0n) is 13.7. The number of rotatable bonds is 5. The van der Waals surface area contributed by atoms with Gasteiger partial charge in [-0.15, -0.1) is 0 Å². The molecule has 1 heterocycles. The Balaban J connectivity index is 2.10. The van der Waals surface area contributed by atoms with Crippen molar-refractivity contribution < 1.29 is 17.9 Å². The standard InChI is InChI=1S/C15H23N3O4S/c1-12-4-5-13(10-14(12)23(20,21)17(2)3)16-15(19)11-18-6-8-22-9-7-18/h4-5,10H,6-9,11H2,1-3H3,(H,16,19). The highest BCUT2D eigenvalue weighted by Crippen LogP contribution is 2.22. The minimum absolute atomic E-state index is 0.163. The number of nitrogens with zero attached hydrogens (tertiary/aromatic N) is 2. The third kappa shape index (κ3) is 4.51. The molecule has 1 amide bonds. The predicted octanol–water partition coefficient (Wildman–Crippen LogP) is 0.516. The SMILES string of the molecule is Cc1ccc(NC(=O)CN2CCOCC2)cc1S(=O)(=O)N(C)C. The molecule has 128 valence electrons. The molecule has 0 bridgehead atoms. The molecular weight excluding hydrogens is 318 g/mol. The third-order valence-electron chi connectivity index (χ3n) is 3.70. The molecule has 2 rings (SSSR count). The lowest BCUT2D eigenvalue weighted by Gasteiger charge is -2.25. The molecule has 1 N–H and O–H groups in total. The smallest absolute Gasteiger partial charge is 0.242 e. The number of nitrogens with one attached hydrogen (secondary N) is 1. The average molecular weight is 341 g/mol. The van der Waals surface area contributed by atoms with E-state index in [1.807, 2.05) is 4.90 Å². The van der Waals surface area contributed by atoms with E-state index in [-0.39, 0.29) is 17.3 Å². The molecule has 7 nitrogen and oxygen atoms in total. The molecule has 1 aliphatic heterocycles. The second-order valence-electron chi connectivity index (χ2n) is 5.70. The summed E-state index contributed by atoms with van der Waals surface area (Å²) in [6, 6.07) is 4.91. The van der Waals surface area contributed by atoms with Crippen molar-refractivity contribution in [3.8, 4) is 0 Å². The van der Waals surface area contributed by atoms with Crippen LogP contribution in [0.5, 0.6) is 0 Å².